The van der Waals surface area contributed by atoms with E-state index in [9.17, 15) is 33.6 Å². The number of carbonyl (C=O) groups excluding carboxylic acids is 1. The molecule has 1 saturated heterocycles. The highest BCUT2D eigenvalue weighted by molar-refractivity contribution is 7.80. The Hall–Kier alpha value is -1.16. The standard InChI is InChI=1S/C41H79NO11S/c1-3-5-7-9-11-13-14-15-16-17-18-19-20-21-23-25-27-29-31-37(45)42-34(35(44)30-28-26-24-22-12-10-8-6-4-2)33-51-41-39(47)40(53-54(48,49)50)38(46)36(32-43)52-41/h18-19,34-36,38-41,43-44,46-47H,3-17,20-33H2,1-2H3,(H,42,45)(H,48,49,50)/b19-18-. The fraction of sp³-hybridized carbons (Fsp3) is 0.927. The number of amides is 1. The summed E-state index contributed by atoms with van der Waals surface area (Å²) in [6.45, 7) is 3.40. The van der Waals surface area contributed by atoms with Gasteiger partial charge in [-0.1, -0.05) is 154 Å². The van der Waals surface area contributed by atoms with Gasteiger partial charge in [0.05, 0.1) is 25.4 Å². The number of nitrogens with one attached hydrogen (secondary N) is 1. The van der Waals surface area contributed by atoms with Crippen molar-refractivity contribution in [2.24, 2.45) is 0 Å². The van der Waals surface area contributed by atoms with Gasteiger partial charge in [0.15, 0.2) is 6.29 Å². The van der Waals surface area contributed by atoms with E-state index in [1.54, 1.807) is 0 Å². The molecule has 13 heteroatoms. The Balaban J connectivity index is 2.49. The van der Waals surface area contributed by atoms with Gasteiger partial charge in [-0.2, -0.15) is 8.42 Å². The third-order valence-corrected chi connectivity index (χ3v) is 10.8. The SMILES string of the molecule is CCCCCCCCCCC/C=C\CCCCCCCC(=O)NC(COC1OC(CO)C(O)C(OS(=O)(=O)O)C1O)C(O)CCCCCCCCCCC. The van der Waals surface area contributed by atoms with Crippen LogP contribution in [0.5, 0.6) is 0 Å². The minimum absolute atomic E-state index is 0.240. The number of unbranched alkanes of at least 4 members (excludes halogenated alkanes) is 22. The Kier molecular flexibility index (Phi) is 31.0. The van der Waals surface area contributed by atoms with E-state index in [1.165, 1.54) is 89.9 Å². The molecule has 54 heavy (non-hydrogen) atoms. The van der Waals surface area contributed by atoms with Crippen LogP contribution in [0.2, 0.25) is 0 Å². The van der Waals surface area contributed by atoms with Gasteiger partial charge in [0.1, 0.15) is 24.4 Å². The molecule has 6 N–H and O–H groups in total. The van der Waals surface area contributed by atoms with Crippen LogP contribution in [-0.2, 0) is 28.9 Å². The summed E-state index contributed by atoms with van der Waals surface area (Å²) in [5, 5.41) is 44.6. The third-order valence-electron chi connectivity index (χ3n) is 10.3. The number of hydrogen-bond donors (Lipinski definition) is 6. The first kappa shape index (κ1) is 50.9. The number of aliphatic hydroxyl groups excluding tert-OH is 4. The number of hydrogen-bond acceptors (Lipinski definition) is 10. The molecule has 1 amide bonds. The van der Waals surface area contributed by atoms with Gasteiger partial charge >= 0.3 is 10.4 Å². The van der Waals surface area contributed by atoms with E-state index >= 15 is 0 Å². The highest BCUT2D eigenvalue weighted by Gasteiger charge is 2.48. The molecule has 1 aliphatic heterocycles. The van der Waals surface area contributed by atoms with E-state index in [2.05, 4.69) is 35.5 Å². The van der Waals surface area contributed by atoms with Gasteiger partial charge in [-0.15, -0.1) is 0 Å². The molecule has 1 fully saturated rings. The van der Waals surface area contributed by atoms with Crippen molar-refractivity contribution in [1.29, 1.82) is 0 Å². The molecule has 1 heterocycles. The normalized spacial score (nSPS) is 21.8. The lowest BCUT2D eigenvalue weighted by molar-refractivity contribution is -0.298. The predicted octanol–water partition coefficient (Wildman–Crippen LogP) is 7.60. The van der Waals surface area contributed by atoms with Gasteiger partial charge in [0.2, 0.25) is 5.91 Å². The highest BCUT2D eigenvalue weighted by atomic mass is 32.3. The van der Waals surface area contributed by atoms with Gasteiger partial charge in [-0.25, -0.2) is 4.18 Å². The topological polar surface area (TPSA) is 192 Å². The Morgan fingerprint density at radius 2 is 1.19 bits per heavy atom. The van der Waals surface area contributed by atoms with Gasteiger partial charge in [0, 0.05) is 6.42 Å². The summed E-state index contributed by atoms with van der Waals surface area (Å²) in [5.41, 5.74) is 0. The Morgan fingerprint density at radius 1 is 0.722 bits per heavy atom. The maximum atomic E-state index is 13.0. The summed E-state index contributed by atoms with van der Waals surface area (Å²) in [7, 11) is -5.07. The molecule has 0 saturated carbocycles. The predicted molar refractivity (Wildman–Crippen MR) is 213 cm³/mol. The van der Waals surface area contributed by atoms with Crippen LogP contribution in [0, 0.1) is 0 Å². The third kappa shape index (κ3) is 25.9. The maximum absolute atomic E-state index is 13.0. The average molecular weight is 794 g/mol. The number of aliphatic hydroxyl groups is 4. The zero-order chi connectivity index (χ0) is 39.9. The summed E-state index contributed by atoms with van der Waals surface area (Å²) in [4.78, 5) is 13.0. The second-order valence-electron chi connectivity index (χ2n) is 15.3. The monoisotopic (exact) mass is 794 g/mol. The molecule has 0 aromatic heterocycles. The van der Waals surface area contributed by atoms with Crippen LogP contribution in [0.1, 0.15) is 187 Å². The molecule has 0 spiro atoms. The minimum Gasteiger partial charge on any atom is -0.394 e. The summed E-state index contributed by atoms with van der Waals surface area (Å²) in [5.74, 6) is -0.240. The van der Waals surface area contributed by atoms with E-state index < -0.39 is 59.9 Å². The maximum Gasteiger partial charge on any atom is 0.397 e. The summed E-state index contributed by atoms with van der Waals surface area (Å²) in [6, 6.07) is -0.856. The van der Waals surface area contributed by atoms with Crippen LogP contribution in [0.25, 0.3) is 0 Å². The summed E-state index contributed by atoms with van der Waals surface area (Å²) < 4.78 is 47.4. The molecule has 1 rings (SSSR count). The van der Waals surface area contributed by atoms with Crippen LogP contribution in [-0.4, -0.2) is 95.4 Å². The van der Waals surface area contributed by atoms with Crippen molar-refractivity contribution in [3.63, 3.8) is 0 Å². The van der Waals surface area contributed by atoms with Crippen LogP contribution >= 0.6 is 0 Å². The largest absolute Gasteiger partial charge is 0.397 e. The quantitative estimate of drug-likeness (QED) is 0.0208. The molecule has 1 aliphatic rings. The molecule has 7 atom stereocenters. The first-order valence-corrected chi connectivity index (χ1v) is 22.9. The summed E-state index contributed by atoms with van der Waals surface area (Å²) >= 11 is 0. The van der Waals surface area contributed by atoms with Crippen LogP contribution in [0.4, 0.5) is 0 Å². The van der Waals surface area contributed by atoms with E-state index in [4.69, 9.17) is 14.0 Å². The summed E-state index contributed by atoms with van der Waals surface area (Å²) in [6.07, 6.45) is 25.2. The number of ether oxygens (including phenoxy) is 2. The van der Waals surface area contributed by atoms with E-state index in [0.29, 0.717) is 12.8 Å². The second kappa shape index (κ2) is 32.9. The van der Waals surface area contributed by atoms with Crippen molar-refractivity contribution in [3.8, 4) is 0 Å². The van der Waals surface area contributed by atoms with Crippen molar-refractivity contribution >= 4 is 16.3 Å². The molecule has 0 bridgehead atoms. The fourth-order valence-corrected chi connectivity index (χ4v) is 7.43. The molecular formula is C41H79NO11S. The average Bonchev–Trinajstić information content (AvgIpc) is 3.14. The molecule has 7 unspecified atom stereocenters. The number of rotatable bonds is 36. The lowest BCUT2D eigenvalue weighted by atomic mass is 9.99. The molecule has 320 valence electrons. The number of allylic oxidation sites excluding steroid dienone is 2. The van der Waals surface area contributed by atoms with Gasteiger partial charge in [0.25, 0.3) is 0 Å². The smallest absolute Gasteiger partial charge is 0.394 e. The van der Waals surface area contributed by atoms with Crippen LogP contribution in [0.15, 0.2) is 12.2 Å². The Morgan fingerprint density at radius 3 is 1.67 bits per heavy atom. The molecule has 0 aliphatic carbocycles. The van der Waals surface area contributed by atoms with Gasteiger partial charge in [-0.05, 0) is 38.5 Å². The zero-order valence-corrected chi connectivity index (χ0v) is 34.6. The molecular weight excluding hydrogens is 715 g/mol. The van der Waals surface area contributed by atoms with E-state index in [-0.39, 0.29) is 18.9 Å². The lowest BCUT2D eigenvalue weighted by Gasteiger charge is -2.41. The van der Waals surface area contributed by atoms with Crippen molar-refractivity contribution in [3.05, 3.63) is 12.2 Å². The second-order valence-corrected chi connectivity index (χ2v) is 16.3. The lowest BCUT2D eigenvalue weighted by Crippen LogP contribution is -2.61. The Bertz CT molecular complexity index is 1030. The van der Waals surface area contributed by atoms with Crippen molar-refractivity contribution in [1.82, 2.24) is 5.32 Å². The first-order chi connectivity index (χ1) is 26.0. The van der Waals surface area contributed by atoms with Crippen molar-refractivity contribution < 1.29 is 51.8 Å². The number of carbonyl (C=O) groups is 1. The molecule has 0 aromatic carbocycles. The zero-order valence-electron chi connectivity index (χ0n) is 33.8. The van der Waals surface area contributed by atoms with Crippen molar-refractivity contribution in [2.45, 2.75) is 230 Å². The van der Waals surface area contributed by atoms with Gasteiger partial charge < -0.3 is 35.2 Å². The molecule has 0 aromatic rings. The van der Waals surface area contributed by atoms with E-state index in [0.717, 1.165) is 64.2 Å². The Labute approximate surface area is 328 Å². The minimum atomic E-state index is -5.07. The molecule has 0 radical (unpaired) electrons. The molecule has 12 nitrogen and oxygen atoms in total. The van der Waals surface area contributed by atoms with Gasteiger partial charge in [-0.3, -0.25) is 9.35 Å². The first-order valence-electron chi connectivity index (χ1n) is 21.6. The van der Waals surface area contributed by atoms with Crippen LogP contribution in [0.3, 0.4) is 0 Å². The van der Waals surface area contributed by atoms with Crippen LogP contribution < -0.4 is 5.32 Å². The fourth-order valence-electron chi connectivity index (χ4n) is 6.92. The van der Waals surface area contributed by atoms with E-state index in [1.807, 2.05) is 0 Å². The highest BCUT2D eigenvalue weighted by Crippen LogP contribution is 2.26. The van der Waals surface area contributed by atoms with Crippen molar-refractivity contribution in [2.75, 3.05) is 13.2 Å².